The molecule has 1 aliphatic rings. The lowest BCUT2D eigenvalue weighted by Gasteiger charge is -2.24. The highest BCUT2D eigenvalue weighted by molar-refractivity contribution is 5.10. The van der Waals surface area contributed by atoms with Crippen LogP contribution in [-0.4, -0.2) is 10.1 Å². The second kappa shape index (κ2) is 3.13. The standard InChI is InChI=1S/C8H13N3O/c9-8-10-7(12-11-8)5-4-6-2-1-3-6/h6H,1-5H2,(H2,9,11). The Kier molecular flexibility index (Phi) is 1.98. The normalized spacial score (nSPS) is 17.7. The molecule has 0 amide bonds. The van der Waals surface area contributed by atoms with Crippen molar-refractivity contribution < 1.29 is 4.52 Å². The van der Waals surface area contributed by atoms with Crippen molar-refractivity contribution in [1.29, 1.82) is 0 Å². The monoisotopic (exact) mass is 167 g/mol. The average Bonchev–Trinajstić information content (AvgIpc) is 2.32. The lowest BCUT2D eigenvalue weighted by molar-refractivity contribution is 0.280. The Balaban J connectivity index is 1.79. The molecular weight excluding hydrogens is 154 g/mol. The summed E-state index contributed by atoms with van der Waals surface area (Å²) in [5, 5.41) is 3.53. The van der Waals surface area contributed by atoms with Gasteiger partial charge in [0.2, 0.25) is 5.89 Å². The molecule has 1 aromatic heterocycles. The highest BCUT2D eigenvalue weighted by Gasteiger charge is 2.18. The van der Waals surface area contributed by atoms with E-state index in [1.54, 1.807) is 0 Å². The smallest absolute Gasteiger partial charge is 0.260 e. The number of anilines is 1. The van der Waals surface area contributed by atoms with Gasteiger partial charge in [-0.25, -0.2) is 0 Å². The van der Waals surface area contributed by atoms with Crippen LogP contribution < -0.4 is 5.73 Å². The summed E-state index contributed by atoms with van der Waals surface area (Å²) in [6, 6.07) is 0. The highest BCUT2D eigenvalue weighted by Crippen LogP contribution is 2.30. The van der Waals surface area contributed by atoms with Crippen molar-refractivity contribution >= 4 is 5.95 Å². The van der Waals surface area contributed by atoms with Gasteiger partial charge in [-0.15, -0.1) is 0 Å². The first-order valence-corrected chi connectivity index (χ1v) is 4.42. The van der Waals surface area contributed by atoms with Crippen LogP contribution in [0, 0.1) is 5.92 Å². The van der Waals surface area contributed by atoms with E-state index in [0.29, 0.717) is 5.89 Å². The molecule has 12 heavy (non-hydrogen) atoms. The highest BCUT2D eigenvalue weighted by atomic mass is 16.5. The van der Waals surface area contributed by atoms with Gasteiger partial charge in [0.1, 0.15) is 0 Å². The summed E-state index contributed by atoms with van der Waals surface area (Å²) in [7, 11) is 0. The quantitative estimate of drug-likeness (QED) is 0.738. The Labute approximate surface area is 71.1 Å². The van der Waals surface area contributed by atoms with Crippen LogP contribution in [0.5, 0.6) is 0 Å². The predicted octanol–water partition coefficient (Wildman–Crippen LogP) is 1.38. The number of hydrogen-bond acceptors (Lipinski definition) is 4. The third kappa shape index (κ3) is 1.57. The van der Waals surface area contributed by atoms with Crippen molar-refractivity contribution in [2.24, 2.45) is 5.92 Å². The molecular formula is C8H13N3O. The fourth-order valence-electron chi connectivity index (χ4n) is 1.48. The van der Waals surface area contributed by atoms with Crippen molar-refractivity contribution in [1.82, 2.24) is 10.1 Å². The Hall–Kier alpha value is -1.06. The van der Waals surface area contributed by atoms with Crippen LogP contribution in [-0.2, 0) is 6.42 Å². The van der Waals surface area contributed by atoms with Gasteiger partial charge in [0.25, 0.3) is 5.95 Å². The Morgan fingerprint density at radius 1 is 1.50 bits per heavy atom. The van der Waals surface area contributed by atoms with E-state index in [4.69, 9.17) is 10.3 Å². The summed E-state index contributed by atoms with van der Waals surface area (Å²) >= 11 is 0. The summed E-state index contributed by atoms with van der Waals surface area (Å²) in [4.78, 5) is 3.94. The maximum atomic E-state index is 5.32. The van der Waals surface area contributed by atoms with Gasteiger partial charge >= 0.3 is 0 Å². The molecule has 1 aliphatic carbocycles. The van der Waals surface area contributed by atoms with E-state index < -0.39 is 0 Å². The number of nitrogens with two attached hydrogens (primary N) is 1. The second-order valence-corrected chi connectivity index (χ2v) is 3.38. The molecule has 0 bridgehead atoms. The minimum atomic E-state index is 0.249. The molecule has 1 aromatic rings. The van der Waals surface area contributed by atoms with Crippen LogP contribution in [0.1, 0.15) is 31.6 Å². The van der Waals surface area contributed by atoms with E-state index in [0.717, 1.165) is 12.3 Å². The Morgan fingerprint density at radius 2 is 2.33 bits per heavy atom. The van der Waals surface area contributed by atoms with Crippen molar-refractivity contribution in [3.8, 4) is 0 Å². The van der Waals surface area contributed by atoms with E-state index in [-0.39, 0.29) is 5.95 Å². The van der Waals surface area contributed by atoms with E-state index in [1.807, 2.05) is 0 Å². The number of aromatic nitrogens is 2. The average molecular weight is 167 g/mol. The maximum absolute atomic E-state index is 5.32. The molecule has 0 aromatic carbocycles. The van der Waals surface area contributed by atoms with E-state index in [9.17, 15) is 0 Å². The molecule has 2 rings (SSSR count). The van der Waals surface area contributed by atoms with E-state index in [2.05, 4.69) is 10.1 Å². The first-order valence-electron chi connectivity index (χ1n) is 4.42. The first kappa shape index (κ1) is 7.58. The summed E-state index contributed by atoms with van der Waals surface area (Å²) in [5.41, 5.74) is 5.32. The zero-order valence-corrected chi connectivity index (χ0v) is 6.99. The van der Waals surface area contributed by atoms with Crippen molar-refractivity contribution in [3.05, 3.63) is 5.89 Å². The third-order valence-corrected chi connectivity index (χ3v) is 2.47. The Morgan fingerprint density at radius 3 is 2.83 bits per heavy atom. The molecule has 0 radical (unpaired) electrons. The molecule has 4 nitrogen and oxygen atoms in total. The number of rotatable bonds is 3. The van der Waals surface area contributed by atoms with Gasteiger partial charge in [-0.3, -0.25) is 0 Å². The van der Waals surface area contributed by atoms with Crippen molar-refractivity contribution in [2.45, 2.75) is 32.1 Å². The van der Waals surface area contributed by atoms with Gasteiger partial charge in [-0.2, -0.15) is 4.98 Å². The molecule has 66 valence electrons. The lowest BCUT2D eigenvalue weighted by Crippen LogP contribution is -2.11. The molecule has 4 heteroatoms. The molecule has 0 aliphatic heterocycles. The third-order valence-electron chi connectivity index (χ3n) is 2.47. The van der Waals surface area contributed by atoms with Gasteiger partial charge in [0.15, 0.2) is 0 Å². The fraction of sp³-hybridized carbons (Fsp3) is 0.750. The van der Waals surface area contributed by atoms with Crippen LogP contribution in [0.15, 0.2) is 4.52 Å². The van der Waals surface area contributed by atoms with Crippen LogP contribution in [0.4, 0.5) is 5.95 Å². The van der Waals surface area contributed by atoms with Gasteiger partial charge in [-0.1, -0.05) is 19.3 Å². The van der Waals surface area contributed by atoms with Gasteiger partial charge in [0.05, 0.1) is 0 Å². The second-order valence-electron chi connectivity index (χ2n) is 3.38. The number of nitrogen functional groups attached to an aromatic ring is 1. The molecule has 1 saturated carbocycles. The maximum Gasteiger partial charge on any atom is 0.260 e. The molecule has 2 N–H and O–H groups in total. The molecule has 0 atom stereocenters. The first-order chi connectivity index (χ1) is 5.84. The predicted molar refractivity (Wildman–Crippen MR) is 44.4 cm³/mol. The minimum Gasteiger partial charge on any atom is -0.365 e. The number of hydrogen-bond donors (Lipinski definition) is 1. The zero-order valence-electron chi connectivity index (χ0n) is 6.99. The van der Waals surface area contributed by atoms with Gasteiger partial charge in [-0.05, 0) is 17.5 Å². The lowest BCUT2D eigenvalue weighted by atomic mass is 9.82. The van der Waals surface area contributed by atoms with E-state index >= 15 is 0 Å². The molecule has 0 unspecified atom stereocenters. The SMILES string of the molecule is Nc1noc(CCC2CCC2)n1. The molecule has 0 spiro atoms. The molecule has 0 saturated heterocycles. The van der Waals surface area contributed by atoms with E-state index in [1.165, 1.54) is 25.7 Å². The topological polar surface area (TPSA) is 64.9 Å². The number of aryl methyl sites for hydroxylation is 1. The van der Waals surface area contributed by atoms with Gasteiger partial charge < -0.3 is 10.3 Å². The van der Waals surface area contributed by atoms with Crippen molar-refractivity contribution in [2.75, 3.05) is 5.73 Å². The largest absolute Gasteiger partial charge is 0.365 e. The van der Waals surface area contributed by atoms with Crippen LogP contribution in [0.25, 0.3) is 0 Å². The number of nitrogens with zero attached hydrogens (tertiary/aromatic N) is 2. The summed E-state index contributed by atoms with van der Waals surface area (Å²) in [6.07, 6.45) is 6.17. The molecule has 1 heterocycles. The summed E-state index contributed by atoms with van der Waals surface area (Å²) < 4.78 is 4.90. The fourth-order valence-corrected chi connectivity index (χ4v) is 1.48. The van der Waals surface area contributed by atoms with Gasteiger partial charge in [0, 0.05) is 6.42 Å². The van der Waals surface area contributed by atoms with Crippen molar-refractivity contribution in [3.63, 3.8) is 0 Å². The summed E-state index contributed by atoms with van der Waals surface area (Å²) in [6.45, 7) is 0. The van der Waals surface area contributed by atoms with Crippen LogP contribution in [0.2, 0.25) is 0 Å². The van der Waals surface area contributed by atoms with Crippen LogP contribution >= 0.6 is 0 Å². The zero-order chi connectivity index (χ0) is 8.39. The van der Waals surface area contributed by atoms with Crippen LogP contribution in [0.3, 0.4) is 0 Å². The minimum absolute atomic E-state index is 0.249. The molecule has 1 fully saturated rings. The Bertz CT molecular complexity index is 255. The summed E-state index contributed by atoms with van der Waals surface area (Å²) in [5.74, 6) is 1.82.